The molecule has 0 bridgehead atoms. The number of nitrogens with one attached hydrogen (secondary N) is 1. The maximum Gasteiger partial charge on any atom is 0.451 e. The zero-order valence-corrected chi connectivity index (χ0v) is 13.7. The number of hydrogen-bond acceptors (Lipinski definition) is 5. The molecule has 26 heavy (non-hydrogen) atoms. The lowest BCUT2D eigenvalue weighted by atomic mass is 10.2. The van der Waals surface area contributed by atoms with Crippen LogP contribution in [0.4, 0.5) is 18.9 Å². The van der Waals surface area contributed by atoms with Gasteiger partial charge in [-0.3, -0.25) is 4.79 Å². The normalized spacial score (nSPS) is 11.1. The van der Waals surface area contributed by atoms with Gasteiger partial charge < -0.3 is 15.2 Å². The number of carboxylic acids is 1. The van der Waals surface area contributed by atoms with Crippen molar-refractivity contribution in [3.8, 4) is 5.75 Å². The number of carbonyl (C=O) groups is 2. The van der Waals surface area contributed by atoms with Gasteiger partial charge in [0.25, 0.3) is 5.91 Å². The molecule has 0 atom stereocenters. The molecule has 0 unspecified atom stereocenters. The summed E-state index contributed by atoms with van der Waals surface area (Å²) in [5, 5.41) is 11.0. The predicted molar refractivity (Wildman–Crippen MR) is 84.0 cm³/mol. The first-order chi connectivity index (χ1) is 12.1. The van der Waals surface area contributed by atoms with Gasteiger partial charge in [-0.2, -0.15) is 13.2 Å². The molecule has 0 aliphatic heterocycles. The third-order valence-electron chi connectivity index (χ3n) is 3.15. The highest BCUT2D eigenvalue weighted by molar-refractivity contribution is 6.03. The fourth-order valence-electron chi connectivity index (χ4n) is 2.01. The van der Waals surface area contributed by atoms with Gasteiger partial charge in [0.1, 0.15) is 11.4 Å². The number of aromatic nitrogens is 2. The van der Waals surface area contributed by atoms with E-state index in [4.69, 9.17) is 9.84 Å². The molecule has 0 radical (unpaired) electrons. The summed E-state index contributed by atoms with van der Waals surface area (Å²) in [6.07, 6.45) is -4.76. The van der Waals surface area contributed by atoms with Crippen LogP contribution in [0.2, 0.25) is 0 Å². The molecule has 2 N–H and O–H groups in total. The second-order valence-electron chi connectivity index (χ2n) is 5.33. The van der Waals surface area contributed by atoms with Crippen LogP contribution in [0.1, 0.15) is 27.6 Å². The van der Waals surface area contributed by atoms with Gasteiger partial charge in [0.15, 0.2) is 6.61 Å². The minimum absolute atomic E-state index is 0.00613. The Hall–Kier alpha value is -3.17. The third kappa shape index (κ3) is 4.91. The molecule has 1 aromatic carbocycles. The van der Waals surface area contributed by atoms with Crippen molar-refractivity contribution in [2.24, 2.45) is 0 Å². The third-order valence-corrected chi connectivity index (χ3v) is 3.15. The summed E-state index contributed by atoms with van der Waals surface area (Å²) in [5.41, 5.74) is 0.438. The molecular formula is C16H14F3N3O4. The van der Waals surface area contributed by atoms with Gasteiger partial charge in [0.05, 0.1) is 0 Å². The van der Waals surface area contributed by atoms with Crippen LogP contribution in [-0.4, -0.2) is 33.6 Å². The van der Waals surface area contributed by atoms with Crippen LogP contribution in [0.3, 0.4) is 0 Å². The Morgan fingerprint density at radius 2 is 1.88 bits per heavy atom. The lowest BCUT2D eigenvalue weighted by molar-refractivity contribution is -0.145. The molecule has 0 saturated carbocycles. The first-order valence-corrected chi connectivity index (χ1v) is 7.25. The van der Waals surface area contributed by atoms with E-state index in [0.717, 1.165) is 6.07 Å². The number of hydrogen-bond donors (Lipinski definition) is 2. The summed E-state index contributed by atoms with van der Waals surface area (Å²) in [6.45, 7) is 2.43. The van der Waals surface area contributed by atoms with Gasteiger partial charge in [-0.05, 0) is 43.7 Å². The van der Waals surface area contributed by atoms with Crippen molar-refractivity contribution in [1.29, 1.82) is 0 Å². The van der Waals surface area contributed by atoms with E-state index < -0.39 is 36.2 Å². The lowest BCUT2D eigenvalue weighted by Crippen LogP contribution is -2.19. The minimum atomic E-state index is -4.76. The number of halogens is 3. The average Bonchev–Trinajstić information content (AvgIpc) is 2.53. The van der Waals surface area contributed by atoms with Crippen LogP contribution in [0.5, 0.6) is 5.75 Å². The minimum Gasteiger partial charge on any atom is -0.482 e. The predicted octanol–water partition coefficient (Wildman–Crippen LogP) is 2.83. The van der Waals surface area contributed by atoms with E-state index in [2.05, 4.69) is 15.3 Å². The van der Waals surface area contributed by atoms with Crippen molar-refractivity contribution in [2.45, 2.75) is 20.0 Å². The Morgan fingerprint density at radius 1 is 1.19 bits per heavy atom. The van der Waals surface area contributed by atoms with Crippen LogP contribution < -0.4 is 10.1 Å². The fraction of sp³-hybridized carbons (Fsp3) is 0.250. The Labute approximate surface area is 145 Å². The van der Waals surface area contributed by atoms with Gasteiger partial charge in [-0.25, -0.2) is 14.8 Å². The highest BCUT2D eigenvalue weighted by atomic mass is 19.4. The quantitative estimate of drug-likeness (QED) is 0.840. The highest BCUT2D eigenvalue weighted by Gasteiger charge is 2.35. The SMILES string of the molecule is Cc1cc(C(=O)Nc2ccc(OCC(=O)O)cc2C)nc(C(F)(F)F)n1. The second-order valence-corrected chi connectivity index (χ2v) is 5.33. The van der Waals surface area contributed by atoms with Crippen molar-refractivity contribution >= 4 is 17.6 Å². The van der Waals surface area contributed by atoms with Gasteiger partial charge in [-0.15, -0.1) is 0 Å². The number of aliphatic carboxylic acids is 1. The van der Waals surface area contributed by atoms with Crippen molar-refractivity contribution in [3.05, 3.63) is 47.0 Å². The molecule has 2 aromatic rings. The van der Waals surface area contributed by atoms with Gasteiger partial charge >= 0.3 is 12.1 Å². The summed E-state index contributed by atoms with van der Waals surface area (Å²) >= 11 is 0. The molecule has 0 saturated heterocycles. The molecule has 10 heteroatoms. The molecule has 1 aromatic heterocycles. The number of amides is 1. The Bertz CT molecular complexity index is 853. The summed E-state index contributed by atoms with van der Waals surface area (Å²) in [6, 6.07) is 5.51. The number of anilines is 1. The molecule has 1 heterocycles. The van der Waals surface area contributed by atoms with E-state index in [1.165, 1.54) is 25.1 Å². The number of rotatable bonds is 5. The number of benzene rings is 1. The van der Waals surface area contributed by atoms with Crippen LogP contribution in [-0.2, 0) is 11.0 Å². The van der Waals surface area contributed by atoms with Crippen LogP contribution in [0.25, 0.3) is 0 Å². The summed E-state index contributed by atoms with van der Waals surface area (Å²) in [5.74, 6) is -3.08. The standard InChI is InChI=1S/C16H14F3N3O4/c1-8-5-10(26-7-13(23)24)3-4-11(8)21-14(25)12-6-9(2)20-15(22-12)16(17,18)19/h3-6H,7H2,1-2H3,(H,21,25)(H,23,24). The maximum atomic E-state index is 12.8. The van der Waals surface area contributed by atoms with E-state index in [9.17, 15) is 22.8 Å². The van der Waals surface area contributed by atoms with E-state index in [0.29, 0.717) is 11.3 Å². The van der Waals surface area contributed by atoms with Crippen molar-refractivity contribution in [3.63, 3.8) is 0 Å². The van der Waals surface area contributed by atoms with Crippen LogP contribution in [0, 0.1) is 13.8 Å². The van der Waals surface area contributed by atoms with Gasteiger partial charge in [0, 0.05) is 11.4 Å². The topological polar surface area (TPSA) is 101 Å². The summed E-state index contributed by atoms with van der Waals surface area (Å²) in [4.78, 5) is 29.2. The maximum absolute atomic E-state index is 12.8. The number of alkyl halides is 3. The average molecular weight is 369 g/mol. The van der Waals surface area contributed by atoms with E-state index in [1.807, 2.05) is 0 Å². The van der Waals surface area contributed by atoms with Crippen molar-refractivity contribution in [1.82, 2.24) is 9.97 Å². The van der Waals surface area contributed by atoms with Gasteiger partial charge in [0.2, 0.25) is 5.82 Å². The zero-order chi connectivity index (χ0) is 19.5. The number of aryl methyl sites for hydroxylation is 2. The van der Waals surface area contributed by atoms with E-state index >= 15 is 0 Å². The second kappa shape index (κ2) is 7.38. The lowest BCUT2D eigenvalue weighted by Gasteiger charge is -2.12. The number of ether oxygens (including phenoxy) is 1. The molecule has 0 aliphatic carbocycles. The Morgan fingerprint density at radius 3 is 2.46 bits per heavy atom. The molecule has 1 amide bonds. The Kier molecular flexibility index (Phi) is 5.44. The van der Waals surface area contributed by atoms with Gasteiger partial charge in [-0.1, -0.05) is 0 Å². The largest absolute Gasteiger partial charge is 0.482 e. The molecule has 138 valence electrons. The number of carbonyl (C=O) groups excluding carboxylic acids is 1. The molecule has 0 fully saturated rings. The van der Waals surface area contributed by atoms with Crippen LogP contribution >= 0.6 is 0 Å². The number of carboxylic acid groups (broad SMARTS) is 1. The van der Waals surface area contributed by atoms with Crippen LogP contribution in [0.15, 0.2) is 24.3 Å². The highest BCUT2D eigenvalue weighted by Crippen LogP contribution is 2.27. The van der Waals surface area contributed by atoms with Crippen molar-refractivity contribution < 1.29 is 32.6 Å². The summed E-state index contributed by atoms with van der Waals surface area (Å²) < 4.78 is 43.3. The molecule has 0 aliphatic rings. The van der Waals surface area contributed by atoms with E-state index in [-0.39, 0.29) is 11.4 Å². The first kappa shape index (κ1) is 19.2. The van der Waals surface area contributed by atoms with E-state index in [1.54, 1.807) is 6.92 Å². The molecule has 2 rings (SSSR count). The monoisotopic (exact) mass is 369 g/mol. The number of nitrogens with zero attached hydrogens (tertiary/aromatic N) is 2. The zero-order valence-electron chi connectivity index (χ0n) is 13.7. The molecule has 0 spiro atoms. The molecular weight excluding hydrogens is 355 g/mol. The summed E-state index contributed by atoms with van der Waals surface area (Å²) in [7, 11) is 0. The fourth-order valence-corrected chi connectivity index (χ4v) is 2.01. The Balaban J connectivity index is 2.20. The van der Waals surface area contributed by atoms with Crippen molar-refractivity contribution in [2.75, 3.05) is 11.9 Å². The molecule has 7 nitrogen and oxygen atoms in total. The smallest absolute Gasteiger partial charge is 0.451 e. The first-order valence-electron chi connectivity index (χ1n) is 7.25.